The Morgan fingerprint density at radius 2 is 1.58 bits per heavy atom. The molecule has 1 spiro atoms. The van der Waals surface area contributed by atoms with Crippen molar-refractivity contribution in [3.63, 3.8) is 0 Å². The van der Waals surface area contributed by atoms with E-state index in [2.05, 4.69) is 0 Å². The number of aliphatic hydroxyl groups is 2. The second kappa shape index (κ2) is 9.33. The maximum absolute atomic E-state index is 13.2. The molecule has 0 unspecified atom stereocenters. The van der Waals surface area contributed by atoms with Gasteiger partial charge in [-0.3, -0.25) is 0 Å². The van der Waals surface area contributed by atoms with Crippen LogP contribution in [0.3, 0.4) is 0 Å². The Kier molecular flexibility index (Phi) is 6.53. The smallest absolute Gasteiger partial charge is 0.338 e. The zero-order valence-electron chi connectivity index (χ0n) is 22.3. The maximum atomic E-state index is 13.2. The number of rotatable bonds is 5. The number of carbonyl (C=O) groups is 2. The molecule has 5 rings (SSSR count). The summed E-state index contributed by atoms with van der Waals surface area (Å²) >= 11 is 0. The van der Waals surface area contributed by atoms with E-state index in [1.165, 1.54) is 6.08 Å². The lowest BCUT2D eigenvalue weighted by molar-refractivity contribution is -0.326. The fourth-order valence-electron chi connectivity index (χ4n) is 7.15. The van der Waals surface area contributed by atoms with Crippen molar-refractivity contribution < 1.29 is 34.0 Å². The second-order valence-electron chi connectivity index (χ2n) is 11.8. The van der Waals surface area contributed by atoms with Gasteiger partial charge < -0.3 is 24.4 Å². The fraction of sp³-hybridized carbons (Fsp3) is 0.484. The van der Waals surface area contributed by atoms with Crippen molar-refractivity contribution >= 4 is 18.0 Å². The molecular formula is C31H36O7. The number of benzene rings is 2. The molecule has 2 aromatic carbocycles. The van der Waals surface area contributed by atoms with E-state index in [0.29, 0.717) is 18.4 Å². The molecule has 0 amide bonds. The van der Waals surface area contributed by atoms with E-state index in [-0.39, 0.29) is 6.42 Å². The van der Waals surface area contributed by atoms with Crippen LogP contribution in [0.4, 0.5) is 0 Å². The van der Waals surface area contributed by atoms with Crippen molar-refractivity contribution in [1.82, 2.24) is 0 Å². The van der Waals surface area contributed by atoms with Gasteiger partial charge in [-0.25, -0.2) is 9.59 Å². The van der Waals surface area contributed by atoms with Crippen LogP contribution in [0.15, 0.2) is 66.7 Å². The molecule has 3 aliphatic rings. The van der Waals surface area contributed by atoms with Gasteiger partial charge in [0.15, 0.2) is 0 Å². The van der Waals surface area contributed by atoms with Crippen molar-refractivity contribution in [3.05, 3.63) is 77.9 Å². The van der Waals surface area contributed by atoms with Gasteiger partial charge in [-0.15, -0.1) is 0 Å². The summed E-state index contributed by atoms with van der Waals surface area (Å²) in [6, 6.07) is 18.1. The van der Waals surface area contributed by atoms with E-state index in [0.717, 1.165) is 5.56 Å². The summed E-state index contributed by atoms with van der Waals surface area (Å²) in [7, 11) is 0. The highest BCUT2D eigenvalue weighted by molar-refractivity contribution is 5.89. The van der Waals surface area contributed by atoms with Crippen molar-refractivity contribution in [2.75, 3.05) is 0 Å². The quantitative estimate of drug-likeness (QED) is 0.447. The molecule has 0 radical (unpaired) electrons. The number of hydrogen-bond donors (Lipinski definition) is 2. The molecule has 1 heterocycles. The van der Waals surface area contributed by atoms with Crippen LogP contribution in [0.1, 0.15) is 62.9 Å². The second-order valence-corrected chi connectivity index (χ2v) is 11.8. The average molecular weight is 521 g/mol. The first-order valence-corrected chi connectivity index (χ1v) is 13.2. The monoisotopic (exact) mass is 520 g/mol. The lowest BCUT2D eigenvalue weighted by atomic mass is 9.47. The van der Waals surface area contributed by atoms with Crippen LogP contribution in [0.2, 0.25) is 0 Å². The third-order valence-electron chi connectivity index (χ3n) is 9.14. The molecule has 38 heavy (non-hydrogen) atoms. The summed E-state index contributed by atoms with van der Waals surface area (Å²) < 4.78 is 18.8. The van der Waals surface area contributed by atoms with Gasteiger partial charge in [-0.2, -0.15) is 0 Å². The van der Waals surface area contributed by atoms with Gasteiger partial charge in [0.05, 0.1) is 28.3 Å². The summed E-state index contributed by atoms with van der Waals surface area (Å²) in [5.41, 5.74) is -3.79. The standard InChI is InChI=1S/C31H36O7/c1-28(2)22-19-24(36-25(32)16-15-20-11-7-5-8-12-20)30(4)23(37-27(34)21-13-9-6-10-14-21)17-18-29(3,35)31(30,38-28)26(22)33/h5-16,22-24,26,33,35H,17-19H2,1-4H3/b16-15+/t22-,23+,24+,26-,29+,30+,31+/m1/s1. The molecule has 202 valence electrons. The first kappa shape index (κ1) is 26.6. The summed E-state index contributed by atoms with van der Waals surface area (Å²) in [4.78, 5) is 26.3. The third-order valence-corrected chi connectivity index (χ3v) is 9.14. The number of esters is 2. The van der Waals surface area contributed by atoms with Crippen molar-refractivity contribution in [3.8, 4) is 0 Å². The topological polar surface area (TPSA) is 102 Å². The minimum absolute atomic E-state index is 0.240. The highest BCUT2D eigenvalue weighted by Crippen LogP contribution is 2.67. The van der Waals surface area contributed by atoms with Gasteiger partial charge >= 0.3 is 11.9 Å². The normalized spacial score (nSPS) is 37.4. The highest BCUT2D eigenvalue weighted by Gasteiger charge is 2.81. The molecule has 3 fully saturated rings. The van der Waals surface area contributed by atoms with Gasteiger partial charge in [0, 0.05) is 12.0 Å². The first-order valence-electron chi connectivity index (χ1n) is 13.2. The molecule has 7 heteroatoms. The zero-order chi connectivity index (χ0) is 27.3. The SMILES string of the molecule is CC1(C)O[C@]23[C@H](O)[C@H]1C[C@H](OC(=O)/C=C/c1ccccc1)[C@]2(C)[C@@H](OC(=O)c1ccccc1)CC[C@]3(C)O. The molecule has 2 bridgehead atoms. The van der Waals surface area contributed by atoms with Crippen LogP contribution in [-0.2, 0) is 19.0 Å². The molecular weight excluding hydrogens is 484 g/mol. The number of ether oxygens (including phenoxy) is 3. The van der Waals surface area contributed by atoms with Gasteiger partial charge in [0.2, 0.25) is 0 Å². The van der Waals surface area contributed by atoms with Crippen molar-refractivity contribution in [2.45, 2.75) is 82.1 Å². The highest BCUT2D eigenvalue weighted by atomic mass is 16.6. The van der Waals surface area contributed by atoms with Gasteiger partial charge in [-0.1, -0.05) is 48.5 Å². The van der Waals surface area contributed by atoms with E-state index < -0.39 is 58.4 Å². The van der Waals surface area contributed by atoms with Crippen LogP contribution in [0, 0.1) is 11.3 Å². The molecule has 7 nitrogen and oxygen atoms in total. The Hall–Kier alpha value is -3.00. The Morgan fingerprint density at radius 1 is 0.947 bits per heavy atom. The molecule has 1 saturated heterocycles. The molecule has 7 atom stereocenters. The number of fused-ring (bicyclic) bond motifs is 1. The Balaban J connectivity index is 1.54. The van der Waals surface area contributed by atoms with E-state index in [4.69, 9.17) is 14.2 Å². The zero-order valence-corrected chi connectivity index (χ0v) is 22.3. The fourth-order valence-corrected chi connectivity index (χ4v) is 7.15. The van der Waals surface area contributed by atoms with Crippen molar-refractivity contribution in [2.24, 2.45) is 11.3 Å². The summed E-state index contributed by atoms with van der Waals surface area (Å²) in [6.45, 7) is 7.22. The summed E-state index contributed by atoms with van der Waals surface area (Å²) in [5, 5.41) is 23.5. The minimum Gasteiger partial charge on any atom is -0.458 e. The van der Waals surface area contributed by atoms with Crippen LogP contribution in [-0.4, -0.2) is 57.3 Å². The molecule has 1 aliphatic heterocycles. The number of aliphatic hydroxyl groups excluding tert-OH is 1. The lowest BCUT2D eigenvalue weighted by Gasteiger charge is -2.63. The predicted molar refractivity (Wildman–Crippen MR) is 141 cm³/mol. The molecule has 2 aliphatic carbocycles. The molecule has 2 saturated carbocycles. The number of hydrogen-bond acceptors (Lipinski definition) is 7. The van der Waals surface area contributed by atoms with Crippen molar-refractivity contribution in [1.29, 1.82) is 0 Å². The van der Waals surface area contributed by atoms with E-state index in [1.807, 2.05) is 57.2 Å². The number of carbonyl (C=O) groups excluding carboxylic acids is 2. The minimum atomic E-state index is -1.53. The van der Waals surface area contributed by atoms with Crippen LogP contribution >= 0.6 is 0 Å². The van der Waals surface area contributed by atoms with E-state index in [9.17, 15) is 19.8 Å². The van der Waals surface area contributed by atoms with E-state index in [1.54, 1.807) is 37.3 Å². The Bertz CT molecular complexity index is 1220. The third kappa shape index (κ3) is 3.99. The maximum Gasteiger partial charge on any atom is 0.338 e. The van der Waals surface area contributed by atoms with Crippen LogP contribution in [0.25, 0.3) is 6.08 Å². The van der Waals surface area contributed by atoms with E-state index >= 15 is 0 Å². The molecule has 0 aromatic heterocycles. The van der Waals surface area contributed by atoms with Crippen LogP contribution < -0.4 is 0 Å². The Morgan fingerprint density at radius 3 is 2.24 bits per heavy atom. The van der Waals surface area contributed by atoms with Gasteiger partial charge in [0.1, 0.15) is 17.8 Å². The van der Waals surface area contributed by atoms with Gasteiger partial charge in [-0.05, 0) is 70.7 Å². The summed E-state index contributed by atoms with van der Waals surface area (Å²) in [5.74, 6) is -1.47. The molecule has 2 N–H and O–H groups in total. The first-order chi connectivity index (χ1) is 17.9. The average Bonchev–Trinajstić information content (AvgIpc) is 3.05. The summed E-state index contributed by atoms with van der Waals surface area (Å²) in [6.07, 6.45) is 1.29. The predicted octanol–water partition coefficient (Wildman–Crippen LogP) is 4.32. The largest absolute Gasteiger partial charge is 0.458 e. The lowest BCUT2D eigenvalue weighted by Crippen LogP contribution is -2.78. The van der Waals surface area contributed by atoms with Gasteiger partial charge in [0.25, 0.3) is 0 Å². The Labute approximate surface area is 223 Å². The molecule has 2 aromatic rings. The van der Waals surface area contributed by atoms with Crippen LogP contribution in [0.5, 0.6) is 0 Å².